The first-order valence-corrected chi connectivity index (χ1v) is 14.3. The van der Waals surface area contributed by atoms with Gasteiger partial charge in [0.1, 0.15) is 17.3 Å². The number of ether oxygens (including phenoxy) is 3. The van der Waals surface area contributed by atoms with Crippen LogP contribution in [0.15, 0.2) is 41.4 Å². The molecule has 226 valence electrons. The van der Waals surface area contributed by atoms with Crippen LogP contribution in [0.1, 0.15) is 70.4 Å². The quantitative estimate of drug-likeness (QED) is 0.165. The molecular formula is C32H43F3N2O4. The summed E-state index contributed by atoms with van der Waals surface area (Å²) in [5, 5.41) is 3.32. The van der Waals surface area contributed by atoms with Gasteiger partial charge in [-0.05, 0) is 98.2 Å². The number of nitrogens with one attached hydrogen (secondary N) is 1. The number of aliphatic imine (C=N–C) groups is 1. The molecule has 9 heteroatoms. The Morgan fingerprint density at radius 3 is 2.44 bits per heavy atom. The Bertz CT molecular complexity index is 1180. The minimum Gasteiger partial charge on any atom is -0.496 e. The van der Waals surface area contributed by atoms with Gasteiger partial charge in [0.25, 0.3) is 0 Å². The summed E-state index contributed by atoms with van der Waals surface area (Å²) >= 11 is 0. The average molecular weight is 577 g/mol. The lowest BCUT2D eigenvalue weighted by atomic mass is 9.68. The van der Waals surface area contributed by atoms with E-state index in [4.69, 9.17) is 14.5 Å². The number of carbonyl (C=O) groups is 1. The summed E-state index contributed by atoms with van der Waals surface area (Å²) in [7, 11) is 2.89. The summed E-state index contributed by atoms with van der Waals surface area (Å²) in [6.07, 6.45) is 1.75. The largest absolute Gasteiger partial charge is 0.573 e. The normalized spacial score (nSPS) is 19.7. The van der Waals surface area contributed by atoms with Crippen molar-refractivity contribution in [3.05, 3.63) is 47.5 Å². The Balaban J connectivity index is 1.87. The van der Waals surface area contributed by atoms with E-state index >= 15 is 0 Å². The molecule has 3 atom stereocenters. The fraction of sp³-hybridized carbons (Fsp3) is 0.562. The molecule has 0 saturated heterocycles. The van der Waals surface area contributed by atoms with Gasteiger partial charge in [0, 0.05) is 17.7 Å². The van der Waals surface area contributed by atoms with Gasteiger partial charge in [0.2, 0.25) is 0 Å². The van der Waals surface area contributed by atoms with Crippen molar-refractivity contribution in [2.45, 2.75) is 79.0 Å². The number of aryl methyl sites for hydroxylation is 1. The number of methoxy groups -OCH3 is 2. The molecule has 1 aliphatic rings. The monoisotopic (exact) mass is 576 g/mol. The molecular weight excluding hydrogens is 533 g/mol. The van der Waals surface area contributed by atoms with Crippen molar-refractivity contribution < 1.29 is 32.2 Å². The maximum absolute atomic E-state index is 12.6. The van der Waals surface area contributed by atoms with Gasteiger partial charge < -0.3 is 19.5 Å². The lowest BCUT2D eigenvalue weighted by molar-refractivity contribution is -0.274. The van der Waals surface area contributed by atoms with Gasteiger partial charge in [-0.2, -0.15) is 0 Å². The molecule has 1 N–H and O–H groups in total. The molecule has 0 bridgehead atoms. The van der Waals surface area contributed by atoms with Gasteiger partial charge in [0.15, 0.2) is 0 Å². The maximum Gasteiger partial charge on any atom is 0.573 e. The van der Waals surface area contributed by atoms with E-state index in [1.165, 1.54) is 50.6 Å². The number of rotatable bonds is 11. The third-order valence-corrected chi connectivity index (χ3v) is 7.94. The fourth-order valence-electron chi connectivity index (χ4n) is 5.85. The molecule has 1 aliphatic carbocycles. The highest BCUT2D eigenvalue weighted by Gasteiger charge is 2.31. The molecule has 3 rings (SSSR count). The van der Waals surface area contributed by atoms with Crippen LogP contribution < -0.4 is 14.8 Å². The van der Waals surface area contributed by atoms with E-state index in [0.29, 0.717) is 52.7 Å². The van der Waals surface area contributed by atoms with E-state index in [1.807, 2.05) is 19.1 Å². The van der Waals surface area contributed by atoms with Crippen molar-refractivity contribution in [3.8, 4) is 11.5 Å². The molecule has 1 unspecified atom stereocenters. The van der Waals surface area contributed by atoms with Gasteiger partial charge >= 0.3 is 12.3 Å². The van der Waals surface area contributed by atoms with E-state index in [0.717, 1.165) is 24.3 Å². The SMILES string of the molecule is COC(=O)Cc1cc(N=C(CCCC2C[C@H](C)CC[C@H]2C(C)C)Nc2ccc(OC(F)(F)F)cc2)c(C)cc1OC. The highest BCUT2D eigenvalue weighted by atomic mass is 19.4. The summed E-state index contributed by atoms with van der Waals surface area (Å²) in [5.41, 5.74) is 2.80. The van der Waals surface area contributed by atoms with Crippen molar-refractivity contribution in [3.63, 3.8) is 0 Å². The minimum absolute atomic E-state index is 0.0440. The molecule has 0 aliphatic heterocycles. The highest BCUT2D eigenvalue weighted by Crippen LogP contribution is 2.40. The summed E-state index contributed by atoms with van der Waals surface area (Å²) in [6, 6.07) is 9.29. The fourth-order valence-corrected chi connectivity index (χ4v) is 5.85. The molecule has 0 amide bonds. The van der Waals surface area contributed by atoms with E-state index in [1.54, 1.807) is 7.11 Å². The number of benzene rings is 2. The summed E-state index contributed by atoms with van der Waals surface area (Å²) < 4.78 is 52.2. The zero-order valence-corrected chi connectivity index (χ0v) is 24.9. The second kappa shape index (κ2) is 14.6. The van der Waals surface area contributed by atoms with E-state index < -0.39 is 6.36 Å². The summed E-state index contributed by atoms with van der Waals surface area (Å²) in [6.45, 7) is 8.88. The van der Waals surface area contributed by atoms with E-state index in [-0.39, 0.29) is 18.1 Å². The Kier molecular flexibility index (Phi) is 11.5. The molecule has 1 saturated carbocycles. The zero-order chi connectivity index (χ0) is 30.2. The average Bonchev–Trinajstić information content (AvgIpc) is 2.90. The number of nitrogens with zero attached hydrogens (tertiary/aromatic N) is 1. The van der Waals surface area contributed by atoms with Crippen LogP contribution in [0.3, 0.4) is 0 Å². The van der Waals surface area contributed by atoms with Crippen LogP contribution in [0.4, 0.5) is 24.5 Å². The molecule has 41 heavy (non-hydrogen) atoms. The summed E-state index contributed by atoms with van der Waals surface area (Å²) in [4.78, 5) is 16.9. The Morgan fingerprint density at radius 1 is 1.12 bits per heavy atom. The van der Waals surface area contributed by atoms with Crippen molar-refractivity contribution >= 4 is 23.2 Å². The predicted molar refractivity (Wildman–Crippen MR) is 156 cm³/mol. The molecule has 0 aromatic heterocycles. The van der Waals surface area contributed by atoms with Crippen molar-refractivity contribution in [1.82, 2.24) is 0 Å². The molecule has 2 aromatic carbocycles. The second-order valence-corrected chi connectivity index (χ2v) is 11.4. The van der Waals surface area contributed by atoms with Crippen molar-refractivity contribution in [2.24, 2.45) is 28.7 Å². The van der Waals surface area contributed by atoms with Crippen molar-refractivity contribution in [2.75, 3.05) is 19.5 Å². The van der Waals surface area contributed by atoms with Crippen LogP contribution in [0, 0.1) is 30.6 Å². The Morgan fingerprint density at radius 2 is 1.83 bits per heavy atom. The second-order valence-electron chi connectivity index (χ2n) is 11.4. The van der Waals surface area contributed by atoms with Crippen LogP contribution in [0.2, 0.25) is 0 Å². The lowest BCUT2D eigenvalue weighted by Gasteiger charge is -2.37. The Hall–Kier alpha value is -3.23. The third-order valence-electron chi connectivity index (χ3n) is 7.94. The van der Waals surface area contributed by atoms with Gasteiger partial charge in [-0.3, -0.25) is 4.79 Å². The molecule has 6 nitrogen and oxygen atoms in total. The minimum atomic E-state index is -4.75. The topological polar surface area (TPSA) is 69.2 Å². The first kappa shape index (κ1) is 32.3. The highest BCUT2D eigenvalue weighted by molar-refractivity contribution is 5.97. The molecule has 1 fully saturated rings. The Labute approximate surface area is 241 Å². The first-order valence-electron chi connectivity index (χ1n) is 14.3. The summed E-state index contributed by atoms with van der Waals surface area (Å²) in [5.74, 6) is 3.34. The number of halogens is 3. The number of hydrogen-bond donors (Lipinski definition) is 1. The van der Waals surface area contributed by atoms with Gasteiger partial charge in [-0.1, -0.05) is 27.2 Å². The number of alkyl halides is 3. The number of carbonyl (C=O) groups excluding carboxylic acids is 1. The van der Waals surface area contributed by atoms with Gasteiger partial charge in [-0.25, -0.2) is 4.99 Å². The third kappa shape index (κ3) is 9.97. The number of esters is 1. The van der Waals surface area contributed by atoms with Gasteiger partial charge in [-0.15, -0.1) is 13.2 Å². The standard InChI is InChI=1S/C32H43F3N2O4/c1-20(2)27-15-10-21(3)16-23(27)8-7-9-30(36-25-11-13-26(14-12-25)41-32(33,34)35)37-28-18-24(19-31(38)40-6)29(39-5)17-22(28)4/h11-14,17-18,20-21,23,27H,7-10,15-16,19H2,1-6H3,(H,36,37)/t21-,23?,27+/m1/s1. The lowest BCUT2D eigenvalue weighted by Crippen LogP contribution is -2.27. The van der Waals surface area contributed by atoms with Crippen LogP contribution in [0.25, 0.3) is 0 Å². The van der Waals surface area contributed by atoms with E-state index in [9.17, 15) is 18.0 Å². The van der Waals surface area contributed by atoms with Crippen LogP contribution >= 0.6 is 0 Å². The maximum atomic E-state index is 12.6. The van der Waals surface area contributed by atoms with Gasteiger partial charge in [0.05, 0.1) is 26.3 Å². The van der Waals surface area contributed by atoms with Crippen LogP contribution in [-0.2, 0) is 16.0 Å². The molecule has 0 radical (unpaired) electrons. The predicted octanol–water partition coefficient (Wildman–Crippen LogP) is 8.64. The number of anilines is 1. The first-order chi connectivity index (χ1) is 19.4. The molecule has 0 spiro atoms. The van der Waals surface area contributed by atoms with Crippen LogP contribution in [-0.4, -0.2) is 32.4 Å². The van der Waals surface area contributed by atoms with Crippen molar-refractivity contribution in [1.29, 1.82) is 0 Å². The molecule has 2 aromatic rings. The molecule has 0 heterocycles. The zero-order valence-electron chi connectivity index (χ0n) is 24.9. The van der Waals surface area contributed by atoms with E-state index in [2.05, 4.69) is 30.8 Å². The smallest absolute Gasteiger partial charge is 0.496 e. The number of amidine groups is 1. The van der Waals surface area contributed by atoms with Crippen LogP contribution in [0.5, 0.6) is 11.5 Å². The number of hydrogen-bond acceptors (Lipinski definition) is 5.